The van der Waals surface area contributed by atoms with Gasteiger partial charge in [-0.1, -0.05) is 48.5 Å². The molecule has 1 heterocycles. The summed E-state index contributed by atoms with van der Waals surface area (Å²) in [5.41, 5.74) is 0.785. The Morgan fingerprint density at radius 2 is 1.62 bits per heavy atom. The zero-order valence-corrected chi connectivity index (χ0v) is 15.2. The number of allylic oxidation sites excluding steroid dienone is 1. The van der Waals surface area contributed by atoms with Crippen molar-refractivity contribution in [1.29, 1.82) is 0 Å². The highest BCUT2D eigenvalue weighted by Gasteiger charge is 2.51. The summed E-state index contributed by atoms with van der Waals surface area (Å²) < 4.78 is 12.4. The molecule has 0 spiro atoms. The Kier molecular flexibility index (Phi) is 4.59. The van der Waals surface area contributed by atoms with Crippen LogP contribution < -0.4 is 0 Å². The summed E-state index contributed by atoms with van der Waals surface area (Å²) in [5.74, 6) is 0.336. The zero-order valence-electron chi connectivity index (χ0n) is 15.2. The van der Waals surface area contributed by atoms with Gasteiger partial charge in [-0.15, -0.1) is 6.58 Å². The lowest BCUT2D eigenvalue weighted by Gasteiger charge is -2.32. The first-order chi connectivity index (χ1) is 11.3. The zero-order chi connectivity index (χ0) is 17.4. The van der Waals surface area contributed by atoms with Gasteiger partial charge in [0.15, 0.2) is 0 Å². The molecular formula is C21H27BO2. The molecule has 3 rings (SSSR count). The predicted molar refractivity (Wildman–Crippen MR) is 102 cm³/mol. The topological polar surface area (TPSA) is 18.5 Å². The van der Waals surface area contributed by atoms with Gasteiger partial charge in [0.05, 0.1) is 11.2 Å². The second-order valence-electron chi connectivity index (χ2n) is 7.71. The monoisotopic (exact) mass is 322 g/mol. The first-order valence-corrected chi connectivity index (χ1v) is 8.78. The number of fused-ring (bicyclic) bond motifs is 1. The van der Waals surface area contributed by atoms with Crippen LogP contribution in [0.25, 0.3) is 10.8 Å². The smallest absolute Gasteiger partial charge is 0.403 e. The minimum Gasteiger partial charge on any atom is -0.403 e. The SMILES string of the molecule is C=CC[C@@H](CB1OC(C)(C)C(C)(C)O1)c1cccc2ccccc12. The molecule has 1 aliphatic rings. The fourth-order valence-corrected chi connectivity index (χ4v) is 3.45. The van der Waals surface area contributed by atoms with E-state index in [0.29, 0.717) is 5.92 Å². The molecule has 0 bridgehead atoms. The molecule has 0 amide bonds. The van der Waals surface area contributed by atoms with Gasteiger partial charge in [0, 0.05) is 0 Å². The van der Waals surface area contributed by atoms with Crippen LogP contribution in [0, 0.1) is 0 Å². The molecule has 0 unspecified atom stereocenters. The molecule has 1 saturated heterocycles. The molecule has 126 valence electrons. The van der Waals surface area contributed by atoms with Crippen LogP contribution in [0.2, 0.25) is 6.32 Å². The van der Waals surface area contributed by atoms with Crippen LogP contribution in [0.4, 0.5) is 0 Å². The van der Waals surface area contributed by atoms with Crippen molar-refractivity contribution in [3.63, 3.8) is 0 Å². The summed E-state index contributed by atoms with van der Waals surface area (Å²) in [6.45, 7) is 12.4. The first-order valence-electron chi connectivity index (χ1n) is 8.78. The van der Waals surface area contributed by atoms with E-state index in [2.05, 4.69) is 76.7 Å². The largest absolute Gasteiger partial charge is 0.458 e. The second kappa shape index (κ2) is 6.38. The van der Waals surface area contributed by atoms with Gasteiger partial charge in [0.1, 0.15) is 0 Å². The van der Waals surface area contributed by atoms with Crippen molar-refractivity contribution in [2.45, 2.75) is 57.6 Å². The molecule has 2 aromatic rings. The quantitative estimate of drug-likeness (QED) is 0.527. The van der Waals surface area contributed by atoms with E-state index in [9.17, 15) is 0 Å². The fraction of sp³-hybridized carbons (Fsp3) is 0.429. The molecule has 0 aromatic heterocycles. The van der Waals surface area contributed by atoms with Gasteiger partial charge in [-0.05, 0) is 62.7 Å². The summed E-state index contributed by atoms with van der Waals surface area (Å²) in [4.78, 5) is 0. The number of hydrogen-bond donors (Lipinski definition) is 0. The number of hydrogen-bond acceptors (Lipinski definition) is 2. The molecule has 24 heavy (non-hydrogen) atoms. The Hall–Kier alpha value is -1.58. The molecule has 1 aliphatic heterocycles. The third-order valence-electron chi connectivity index (χ3n) is 5.49. The van der Waals surface area contributed by atoms with E-state index in [0.717, 1.165) is 12.7 Å². The highest BCUT2D eigenvalue weighted by Crippen LogP contribution is 2.41. The molecule has 1 atom stereocenters. The molecule has 2 aromatic carbocycles. The van der Waals surface area contributed by atoms with Gasteiger partial charge in [-0.25, -0.2) is 0 Å². The fourth-order valence-electron chi connectivity index (χ4n) is 3.45. The summed E-state index contributed by atoms with van der Waals surface area (Å²) in [5, 5.41) is 2.58. The first kappa shape index (κ1) is 17.3. The Morgan fingerprint density at radius 1 is 1.00 bits per heavy atom. The van der Waals surface area contributed by atoms with Crippen LogP contribution in [-0.4, -0.2) is 18.3 Å². The van der Waals surface area contributed by atoms with E-state index in [4.69, 9.17) is 9.31 Å². The average Bonchev–Trinajstić information content (AvgIpc) is 2.73. The van der Waals surface area contributed by atoms with Crippen LogP contribution in [0.3, 0.4) is 0 Å². The minimum atomic E-state index is -0.283. The molecular weight excluding hydrogens is 295 g/mol. The van der Waals surface area contributed by atoms with E-state index in [1.54, 1.807) is 0 Å². The van der Waals surface area contributed by atoms with Crippen molar-refractivity contribution in [1.82, 2.24) is 0 Å². The number of rotatable bonds is 5. The van der Waals surface area contributed by atoms with Gasteiger partial charge in [-0.2, -0.15) is 0 Å². The van der Waals surface area contributed by atoms with E-state index in [-0.39, 0.29) is 18.3 Å². The van der Waals surface area contributed by atoms with Crippen molar-refractivity contribution >= 4 is 17.9 Å². The minimum absolute atomic E-state index is 0.182. The molecule has 0 aliphatic carbocycles. The Labute approximate surface area is 146 Å². The van der Waals surface area contributed by atoms with Crippen LogP contribution in [0.1, 0.15) is 45.6 Å². The molecule has 1 fully saturated rings. The van der Waals surface area contributed by atoms with Crippen molar-refractivity contribution < 1.29 is 9.31 Å². The maximum atomic E-state index is 6.22. The molecule has 0 saturated carbocycles. The molecule has 0 N–H and O–H groups in total. The molecule has 0 radical (unpaired) electrons. The normalized spacial score (nSPS) is 20.2. The van der Waals surface area contributed by atoms with Gasteiger partial charge < -0.3 is 9.31 Å². The van der Waals surface area contributed by atoms with Crippen LogP contribution in [-0.2, 0) is 9.31 Å². The highest BCUT2D eigenvalue weighted by atomic mass is 16.7. The number of benzene rings is 2. The molecule has 3 heteroatoms. The third-order valence-corrected chi connectivity index (χ3v) is 5.49. The van der Waals surface area contributed by atoms with E-state index >= 15 is 0 Å². The van der Waals surface area contributed by atoms with Gasteiger partial charge in [0.2, 0.25) is 0 Å². The second-order valence-corrected chi connectivity index (χ2v) is 7.71. The summed E-state index contributed by atoms with van der Waals surface area (Å²) in [6.07, 6.45) is 3.75. The Balaban J connectivity index is 1.89. The van der Waals surface area contributed by atoms with Crippen molar-refractivity contribution in [3.05, 3.63) is 60.7 Å². The van der Waals surface area contributed by atoms with Crippen molar-refractivity contribution in [3.8, 4) is 0 Å². The van der Waals surface area contributed by atoms with Crippen LogP contribution >= 0.6 is 0 Å². The van der Waals surface area contributed by atoms with Crippen LogP contribution in [0.15, 0.2) is 55.1 Å². The summed E-state index contributed by atoms with van der Waals surface area (Å²) >= 11 is 0. The standard InChI is InChI=1S/C21H27BO2/c1-6-10-17(15-22-23-20(2,3)21(4,5)24-22)19-14-9-12-16-11-7-8-13-18(16)19/h6-9,11-14,17H,1,10,15H2,2-5H3/t17-/m0/s1. The summed E-state index contributed by atoms with van der Waals surface area (Å²) in [6, 6.07) is 15.1. The van der Waals surface area contributed by atoms with Gasteiger partial charge in [0.25, 0.3) is 0 Å². The van der Waals surface area contributed by atoms with Crippen molar-refractivity contribution in [2.75, 3.05) is 0 Å². The van der Waals surface area contributed by atoms with E-state index in [1.807, 2.05) is 6.08 Å². The maximum absolute atomic E-state index is 6.22. The average molecular weight is 322 g/mol. The predicted octanol–water partition coefficient (Wildman–Crippen LogP) is 5.59. The lowest BCUT2D eigenvalue weighted by Crippen LogP contribution is -2.41. The third kappa shape index (κ3) is 3.15. The van der Waals surface area contributed by atoms with Crippen LogP contribution in [0.5, 0.6) is 0 Å². The van der Waals surface area contributed by atoms with Crippen molar-refractivity contribution in [2.24, 2.45) is 0 Å². The van der Waals surface area contributed by atoms with E-state index < -0.39 is 0 Å². The summed E-state index contributed by atoms with van der Waals surface area (Å²) in [7, 11) is -0.182. The lowest BCUT2D eigenvalue weighted by atomic mass is 9.72. The molecule has 2 nitrogen and oxygen atoms in total. The highest BCUT2D eigenvalue weighted by molar-refractivity contribution is 6.45. The maximum Gasteiger partial charge on any atom is 0.458 e. The van der Waals surface area contributed by atoms with E-state index in [1.165, 1.54) is 16.3 Å². The van der Waals surface area contributed by atoms with Gasteiger partial charge in [-0.3, -0.25) is 0 Å². The van der Waals surface area contributed by atoms with Gasteiger partial charge >= 0.3 is 7.12 Å². The lowest BCUT2D eigenvalue weighted by molar-refractivity contribution is 0.00578. The Morgan fingerprint density at radius 3 is 2.29 bits per heavy atom. The Bertz CT molecular complexity index is 714.